The van der Waals surface area contributed by atoms with Crippen LogP contribution in [0.3, 0.4) is 0 Å². The predicted molar refractivity (Wildman–Crippen MR) is 90.2 cm³/mol. The van der Waals surface area contributed by atoms with Crippen molar-refractivity contribution < 1.29 is 19.0 Å². The van der Waals surface area contributed by atoms with E-state index in [-0.39, 0.29) is 18.2 Å². The molecule has 0 N–H and O–H groups in total. The highest BCUT2D eigenvalue weighted by Crippen LogP contribution is 2.29. The Bertz CT molecular complexity index is 546. The molecule has 1 aromatic carbocycles. The van der Waals surface area contributed by atoms with Crippen LogP contribution in [0.1, 0.15) is 49.5 Å². The highest BCUT2D eigenvalue weighted by atomic mass is 16.6. The van der Waals surface area contributed by atoms with Gasteiger partial charge in [0.1, 0.15) is 6.10 Å². The monoisotopic (exact) mass is 318 g/mol. The van der Waals surface area contributed by atoms with E-state index in [9.17, 15) is 4.79 Å². The first kappa shape index (κ1) is 17.7. The Morgan fingerprint density at radius 2 is 2.22 bits per heavy atom. The molecule has 1 fully saturated rings. The smallest absolute Gasteiger partial charge is 0.330 e. The molecule has 0 bridgehead atoms. The molecule has 0 aliphatic carbocycles. The Morgan fingerprint density at radius 1 is 1.43 bits per heavy atom. The molecule has 4 heteroatoms. The number of hydrogen-bond donors (Lipinski definition) is 0. The van der Waals surface area contributed by atoms with E-state index in [0.29, 0.717) is 13.2 Å². The lowest BCUT2D eigenvalue weighted by Gasteiger charge is -2.20. The summed E-state index contributed by atoms with van der Waals surface area (Å²) in [7, 11) is 0. The van der Waals surface area contributed by atoms with Gasteiger partial charge in [-0.15, -0.1) is 0 Å². The molecule has 0 aromatic heterocycles. The Morgan fingerprint density at radius 3 is 2.87 bits per heavy atom. The van der Waals surface area contributed by atoms with Gasteiger partial charge in [0.15, 0.2) is 0 Å². The van der Waals surface area contributed by atoms with Gasteiger partial charge in [-0.25, -0.2) is 4.79 Å². The molecule has 1 aliphatic heterocycles. The van der Waals surface area contributed by atoms with Crippen LogP contribution in [0, 0.1) is 6.92 Å². The van der Waals surface area contributed by atoms with Crippen LogP contribution in [0.4, 0.5) is 0 Å². The Kier molecular flexibility index (Phi) is 6.81. The first-order chi connectivity index (χ1) is 11.1. The van der Waals surface area contributed by atoms with Crippen molar-refractivity contribution in [2.24, 2.45) is 0 Å². The molecule has 0 spiro atoms. The fourth-order valence-electron chi connectivity index (χ4n) is 2.46. The third-order valence-corrected chi connectivity index (χ3v) is 3.71. The lowest BCUT2D eigenvalue weighted by Crippen LogP contribution is -2.10. The van der Waals surface area contributed by atoms with Crippen LogP contribution in [0.2, 0.25) is 0 Å². The maximum Gasteiger partial charge on any atom is 0.330 e. The lowest BCUT2D eigenvalue weighted by molar-refractivity contribution is -0.137. The molecule has 0 saturated carbocycles. The fourth-order valence-corrected chi connectivity index (χ4v) is 2.46. The molecule has 23 heavy (non-hydrogen) atoms. The Labute approximate surface area is 138 Å². The molecule has 0 amide bonds. The van der Waals surface area contributed by atoms with E-state index in [4.69, 9.17) is 14.2 Å². The first-order valence-corrected chi connectivity index (χ1v) is 8.32. The summed E-state index contributed by atoms with van der Waals surface area (Å²) < 4.78 is 16.2. The SMILES string of the molecule is CCC[C@@H](OC[C@H]1CO1)c1ccc(C)cc1/C=C/C(=O)OCC. The van der Waals surface area contributed by atoms with Crippen molar-refractivity contribution in [2.45, 2.75) is 45.8 Å². The number of aryl methyl sites for hydroxylation is 1. The second-order valence-electron chi connectivity index (χ2n) is 5.78. The molecular weight excluding hydrogens is 292 g/mol. The zero-order valence-electron chi connectivity index (χ0n) is 14.2. The molecule has 1 aromatic rings. The molecular formula is C19H26O4. The van der Waals surface area contributed by atoms with Gasteiger partial charge in [0.2, 0.25) is 0 Å². The Hall–Kier alpha value is -1.65. The van der Waals surface area contributed by atoms with Gasteiger partial charge in [-0.3, -0.25) is 0 Å². The van der Waals surface area contributed by atoms with Gasteiger partial charge in [-0.2, -0.15) is 0 Å². The van der Waals surface area contributed by atoms with Crippen LogP contribution in [0.15, 0.2) is 24.3 Å². The van der Waals surface area contributed by atoms with E-state index < -0.39 is 0 Å². The minimum Gasteiger partial charge on any atom is -0.463 e. The van der Waals surface area contributed by atoms with Crippen molar-refractivity contribution in [3.63, 3.8) is 0 Å². The van der Waals surface area contributed by atoms with E-state index in [1.807, 2.05) is 13.0 Å². The molecule has 1 heterocycles. The zero-order valence-corrected chi connectivity index (χ0v) is 14.2. The number of esters is 1. The van der Waals surface area contributed by atoms with Gasteiger partial charge in [0.05, 0.1) is 25.9 Å². The van der Waals surface area contributed by atoms with Crippen LogP contribution in [0.25, 0.3) is 6.08 Å². The first-order valence-electron chi connectivity index (χ1n) is 8.32. The zero-order chi connectivity index (χ0) is 16.7. The summed E-state index contributed by atoms with van der Waals surface area (Å²) in [6.07, 6.45) is 5.54. The number of hydrogen-bond acceptors (Lipinski definition) is 4. The summed E-state index contributed by atoms with van der Waals surface area (Å²) in [6.45, 7) is 7.79. The number of benzene rings is 1. The minimum absolute atomic E-state index is 0.0200. The highest BCUT2D eigenvalue weighted by Gasteiger charge is 2.25. The van der Waals surface area contributed by atoms with Crippen LogP contribution < -0.4 is 0 Å². The van der Waals surface area contributed by atoms with Crippen molar-refractivity contribution in [1.82, 2.24) is 0 Å². The van der Waals surface area contributed by atoms with E-state index >= 15 is 0 Å². The number of carbonyl (C=O) groups is 1. The minimum atomic E-state index is -0.320. The maximum atomic E-state index is 11.6. The molecule has 126 valence electrons. The molecule has 2 rings (SSSR count). The molecule has 1 aliphatic rings. The Balaban J connectivity index is 2.17. The van der Waals surface area contributed by atoms with Crippen molar-refractivity contribution in [2.75, 3.05) is 19.8 Å². The molecule has 0 unspecified atom stereocenters. The van der Waals surface area contributed by atoms with Crippen LogP contribution in [-0.2, 0) is 19.0 Å². The van der Waals surface area contributed by atoms with Gasteiger partial charge in [-0.05, 0) is 37.5 Å². The highest BCUT2D eigenvalue weighted by molar-refractivity contribution is 5.87. The quantitative estimate of drug-likeness (QED) is 0.394. The summed E-state index contributed by atoms with van der Waals surface area (Å²) in [5, 5.41) is 0. The number of ether oxygens (including phenoxy) is 3. The largest absolute Gasteiger partial charge is 0.463 e. The summed E-state index contributed by atoms with van der Waals surface area (Å²) in [5.41, 5.74) is 3.27. The van der Waals surface area contributed by atoms with Crippen molar-refractivity contribution >= 4 is 12.0 Å². The molecule has 2 atom stereocenters. The predicted octanol–water partition coefficient (Wildman–Crippen LogP) is 3.83. The maximum absolute atomic E-state index is 11.6. The van der Waals surface area contributed by atoms with E-state index in [2.05, 4.69) is 25.1 Å². The van der Waals surface area contributed by atoms with E-state index in [0.717, 1.165) is 36.1 Å². The third-order valence-electron chi connectivity index (χ3n) is 3.71. The second kappa shape index (κ2) is 8.85. The average molecular weight is 318 g/mol. The van der Waals surface area contributed by atoms with E-state index in [1.54, 1.807) is 6.92 Å². The van der Waals surface area contributed by atoms with E-state index in [1.165, 1.54) is 6.08 Å². The number of carbonyl (C=O) groups excluding carboxylic acids is 1. The van der Waals surface area contributed by atoms with Gasteiger partial charge in [0, 0.05) is 6.08 Å². The molecule has 0 radical (unpaired) electrons. The fraction of sp³-hybridized carbons (Fsp3) is 0.526. The summed E-state index contributed by atoms with van der Waals surface area (Å²) in [5.74, 6) is -0.320. The third kappa shape index (κ3) is 5.81. The number of rotatable bonds is 9. The number of epoxide rings is 1. The van der Waals surface area contributed by atoms with Crippen LogP contribution in [0.5, 0.6) is 0 Å². The van der Waals surface area contributed by atoms with Gasteiger partial charge in [-0.1, -0.05) is 37.1 Å². The molecule has 4 nitrogen and oxygen atoms in total. The topological polar surface area (TPSA) is 48.1 Å². The summed E-state index contributed by atoms with van der Waals surface area (Å²) in [4.78, 5) is 11.6. The van der Waals surface area contributed by atoms with Crippen molar-refractivity contribution in [3.8, 4) is 0 Å². The normalized spacial score (nSPS) is 18.1. The molecule has 1 saturated heterocycles. The standard InChI is InChI=1S/C19H26O4/c1-4-6-18(23-13-16-12-22-16)17-9-7-14(3)11-15(17)8-10-19(20)21-5-2/h7-11,16,18H,4-6,12-13H2,1-3H3/b10-8+/t16-,18-/m1/s1. The summed E-state index contributed by atoms with van der Waals surface area (Å²) in [6, 6.07) is 6.25. The van der Waals surface area contributed by atoms with Gasteiger partial charge < -0.3 is 14.2 Å². The van der Waals surface area contributed by atoms with Gasteiger partial charge >= 0.3 is 5.97 Å². The second-order valence-corrected chi connectivity index (χ2v) is 5.78. The van der Waals surface area contributed by atoms with Crippen LogP contribution >= 0.6 is 0 Å². The summed E-state index contributed by atoms with van der Waals surface area (Å²) >= 11 is 0. The average Bonchev–Trinajstić information content (AvgIpc) is 3.34. The van der Waals surface area contributed by atoms with Crippen molar-refractivity contribution in [1.29, 1.82) is 0 Å². The van der Waals surface area contributed by atoms with Gasteiger partial charge in [0.25, 0.3) is 0 Å². The van der Waals surface area contributed by atoms with Crippen LogP contribution in [-0.4, -0.2) is 31.9 Å². The lowest BCUT2D eigenvalue weighted by atomic mass is 9.97. The van der Waals surface area contributed by atoms with Crippen molar-refractivity contribution in [3.05, 3.63) is 41.0 Å².